The Morgan fingerprint density at radius 2 is 2.04 bits per heavy atom. The van der Waals surface area contributed by atoms with Crippen molar-refractivity contribution in [1.82, 2.24) is 15.3 Å². The lowest BCUT2D eigenvalue weighted by molar-refractivity contribution is -0.152. The highest BCUT2D eigenvalue weighted by molar-refractivity contribution is 8.00. The van der Waals surface area contributed by atoms with Gasteiger partial charge in [-0.15, -0.1) is 11.3 Å². The Kier molecular flexibility index (Phi) is 6.78. The summed E-state index contributed by atoms with van der Waals surface area (Å²) in [5, 5.41) is 6.38. The van der Waals surface area contributed by atoms with Gasteiger partial charge in [-0.25, -0.2) is 9.97 Å². The molecule has 1 N–H and O–H groups in total. The molecule has 0 fully saturated rings. The van der Waals surface area contributed by atoms with Crippen LogP contribution in [-0.4, -0.2) is 40.2 Å². The van der Waals surface area contributed by atoms with Gasteiger partial charge in [-0.3, -0.25) is 9.59 Å². The molecule has 0 aliphatic heterocycles. The summed E-state index contributed by atoms with van der Waals surface area (Å²) in [6.45, 7) is 2.07. The number of rotatable bonds is 8. The third-order valence-corrected chi connectivity index (χ3v) is 5.58. The van der Waals surface area contributed by atoms with Crippen LogP contribution < -0.4 is 5.32 Å². The largest absolute Gasteiger partial charge is 0.452 e. The van der Waals surface area contributed by atoms with Crippen LogP contribution in [0.3, 0.4) is 0 Å². The second-order valence-corrected chi connectivity index (χ2v) is 7.62. The molecule has 0 unspecified atom stereocenters. The first-order valence-electron chi connectivity index (χ1n) is 8.45. The molecule has 0 aliphatic carbocycles. The molecule has 0 spiro atoms. The second kappa shape index (κ2) is 9.48. The molecule has 3 rings (SSSR count). The number of nitrogens with one attached hydrogen (secondary N) is 1. The molecule has 1 atom stereocenters. The smallest absolute Gasteiger partial charge is 0.317 e. The number of aromatic nitrogens is 2. The summed E-state index contributed by atoms with van der Waals surface area (Å²) in [5.41, 5.74) is 1.14. The molecular weight excluding hydrogens is 382 g/mol. The number of thioether (sulfide) groups is 1. The number of benzene rings is 1. The van der Waals surface area contributed by atoms with Gasteiger partial charge in [0.25, 0.3) is 5.91 Å². The van der Waals surface area contributed by atoms with Gasteiger partial charge in [-0.2, -0.15) is 0 Å². The molecule has 0 aliphatic rings. The Morgan fingerprint density at radius 1 is 1.22 bits per heavy atom. The predicted octanol–water partition coefficient (Wildman–Crippen LogP) is 3.07. The van der Waals surface area contributed by atoms with E-state index in [2.05, 4.69) is 15.3 Å². The fraction of sp³-hybridized carbons (Fsp3) is 0.263. The van der Waals surface area contributed by atoms with E-state index in [0.29, 0.717) is 6.54 Å². The van der Waals surface area contributed by atoms with E-state index >= 15 is 0 Å². The van der Waals surface area contributed by atoms with Crippen LogP contribution in [0.25, 0.3) is 10.2 Å². The number of carbonyl (C=O) groups excluding carboxylic acids is 2. The summed E-state index contributed by atoms with van der Waals surface area (Å²) >= 11 is 2.80. The maximum absolute atomic E-state index is 12.1. The number of fused-ring (bicyclic) bond motifs is 1. The highest BCUT2D eigenvalue weighted by Crippen LogP contribution is 2.27. The van der Waals surface area contributed by atoms with E-state index in [-0.39, 0.29) is 11.7 Å². The number of hydrogen-bond donors (Lipinski definition) is 1. The first-order valence-corrected chi connectivity index (χ1v) is 10.3. The van der Waals surface area contributed by atoms with Crippen LogP contribution in [0, 0.1) is 0 Å². The molecule has 0 saturated carbocycles. The monoisotopic (exact) mass is 401 g/mol. The minimum Gasteiger partial charge on any atom is -0.452 e. The molecule has 6 nitrogen and oxygen atoms in total. The van der Waals surface area contributed by atoms with Gasteiger partial charge in [-0.1, -0.05) is 42.1 Å². The lowest BCUT2D eigenvalue weighted by Gasteiger charge is -2.13. The summed E-state index contributed by atoms with van der Waals surface area (Å²) in [7, 11) is 0. The molecule has 2 aromatic heterocycles. The van der Waals surface area contributed by atoms with E-state index in [0.717, 1.165) is 27.2 Å². The number of esters is 1. The Labute approximate surface area is 165 Å². The molecule has 0 bridgehead atoms. The highest BCUT2D eigenvalue weighted by atomic mass is 32.2. The van der Waals surface area contributed by atoms with Gasteiger partial charge in [-0.05, 0) is 30.4 Å². The number of amides is 1. The summed E-state index contributed by atoms with van der Waals surface area (Å²) in [6.07, 6.45) is 1.38. The molecule has 2 heterocycles. The van der Waals surface area contributed by atoms with Crippen molar-refractivity contribution in [3.63, 3.8) is 0 Å². The molecule has 8 heteroatoms. The van der Waals surface area contributed by atoms with Crippen LogP contribution in [-0.2, 0) is 20.7 Å². The Bertz CT molecular complexity index is 915. The van der Waals surface area contributed by atoms with Crippen LogP contribution in [0.4, 0.5) is 0 Å². The van der Waals surface area contributed by atoms with Crippen molar-refractivity contribution in [2.75, 3.05) is 12.3 Å². The quantitative estimate of drug-likeness (QED) is 0.355. The summed E-state index contributed by atoms with van der Waals surface area (Å²) in [6, 6.07) is 11.8. The van der Waals surface area contributed by atoms with Crippen molar-refractivity contribution in [3.8, 4) is 0 Å². The van der Waals surface area contributed by atoms with E-state index in [9.17, 15) is 9.59 Å². The van der Waals surface area contributed by atoms with Crippen molar-refractivity contribution in [3.05, 3.63) is 53.7 Å². The van der Waals surface area contributed by atoms with Gasteiger partial charge in [0.15, 0.2) is 6.10 Å². The zero-order valence-corrected chi connectivity index (χ0v) is 16.4. The van der Waals surface area contributed by atoms with Gasteiger partial charge >= 0.3 is 5.97 Å². The Hall–Kier alpha value is -2.45. The van der Waals surface area contributed by atoms with Gasteiger partial charge in [0.1, 0.15) is 16.2 Å². The van der Waals surface area contributed by atoms with Crippen LogP contribution in [0.2, 0.25) is 0 Å². The van der Waals surface area contributed by atoms with Crippen LogP contribution >= 0.6 is 23.1 Å². The molecule has 27 heavy (non-hydrogen) atoms. The predicted molar refractivity (Wildman–Crippen MR) is 107 cm³/mol. The third kappa shape index (κ3) is 5.51. The normalized spacial score (nSPS) is 11.9. The van der Waals surface area contributed by atoms with Crippen molar-refractivity contribution in [1.29, 1.82) is 0 Å². The second-order valence-electron chi connectivity index (χ2n) is 5.77. The minimum atomic E-state index is -0.833. The minimum absolute atomic E-state index is 0.0869. The van der Waals surface area contributed by atoms with Gasteiger partial charge in [0, 0.05) is 11.9 Å². The lowest BCUT2D eigenvalue weighted by atomic mass is 10.1. The number of nitrogens with zero attached hydrogens (tertiary/aromatic N) is 2. The van der Waals surface area contributed by atoms with Crippen LogP contribution in [0.1, 0.15) is 12.5 Å². The van der Waals surface area contributed by atoms with E-state index in [4.69, 9.17) is 4.74 Å². The Balaban J connectivity index is 1.41. The molecule has 1 aromatic carbocycles. The number of ether oxygens (including phenoxy) is 1. The molecular formula is C19H19N3O3S2. The molecule has 0 radical (unpaired) electrons. The van der Waals surface area contributed by atoms with Gasteiger partial charge in [0.2, 0.25) is 0 Å². The highest BCUT2D eigenvalue weighted by Gasteiger charge is 2.18. The summed E-state index contributed by atoms with van der Waals surface area (Å²) < 4.78 is 5.22. The average Bonchev–Trinajstić information content (AvgIpc) is 3.16. The van der Waals surface area contributed by atoms with Crippen LogP contribution in [0.15, 0.2) is 53.1 Å². The summed E-state index contributed by atoms with van der Waals surface area (Å²) in [4.78, 5) is 33.4. The number of thiophene rings is 1. The fourth-order valence-electron chi connectivity index (χ4n) is 2.41. The SMILES string of the molecule is C[C@@H](OC(=O)CSc1ncnc2sccc12)C(=O)NCCc1ccccc1. The fourth-order valence-corrected chi connectivity index (χ4v) is 3.97. The number of hydrogen-bond acceptors (Lipinski definition) is 7. The topological polar surface area (TPSA) is 81.2 Å². The van der Waals surface area contributed by atoms with Crippen molar-refractivity contribution in [2.45, 2.75) is 24.5 Å². The van der Waals surface area contributed by atoms with E-state index < -0.39 is 12.1 Å². The van der Waals surface area contributed by atoms with Crippen LogP contribution in [0.5, 0.6) is 0 Å². The average molecular weight is 402 g/mol. The maximum atomic E-state index is 12.1. The lowest BCUT2D eigenvalue weighted by Crippen LogP contribution is -2.37. The zero-order chi connectivity index (χ0) is 19.1. The third-order valence-electron chi connectivity index (χ3n) is 3.79. The van der Waals surface area contributed by atoms with E-state index in [1.165, 1.54) is 29.4 Å². The molecule has 1 amide bonds. The Morgan fingerprint density at radius 3 is 2.85 bits per heavy atom. The summed E-state index contributed by atoms with van der Waals surface area (Å²) in [5.74, 6) is -0.664. The molecule has 140 valence electrons. The van der Waals surface area contributed by atoms with E-state index in [1.54, 1.807) is 6.92 Å². The van der Waals surface area contributed by atoms with E-state index in [1.807, 2.05) is 41.8 Å². The standard InChI is InChI=1S/C19H19N3O3S2/c1-13(17(24)20-9-7-14-5-3-2-4-6-14)25-16(23)11-27-19-15-8-10-26-18(15)21-12-22-19/h2-6,8,10,12-13H,7,9,11H2,1H3,(H,20,24)/t13-/m1/s1. The first-order chi connectivity index (χ1) is 13.1. The zero-order valence-electron chi connectivity index (χ0n) is 14.8. The van der Waals surface area contributed by atoms with Crippen molar-refractivity contribution >= 4 is 45.2 Å². The first kappa shape index (κ1) is 19.3. The number of carbonyl (C=O) groups is 2. The van der Waals surface area contributed by atoms with Crippen molar-refractivity contribution in [2.24, 2.45) is 0 Å². The maximum Gasteiger partial charge on any atom is 0.317 e. The van der Waals surface area contributed by atoms with Crippen molar-refractivity contribution < 1.29 is 14.3 Å². The molecule has 3 aromatic rings. The van der Waals surface area contributed by atoms with Gasteiger partial charge in [0.05, 0.1) is 5.75 Å². The molecule has 0 saturated heterocycles. The van der Waals surface area contributed by atoms with Gasteiger partial charge < -0.3 is 10.1 Å².